The lowest BCUT2D eigenvalue weighted by molar-refractivity contribution is -0.141. The fourth-order valence-corrected chi connectivity index (χ4v) is 3.95. The van der Waals surface area contributed by atoms with Gasteiger partial charge in [0.1, 0.15) is 24.1 Å². The molecule has 0 bridgehead atoms. The van der Waals surface area contributed by atoms with Gasteiger partial charge < -0.3 is 9.47 Å². The number of hydrogen-bond donors (Lipinski definition) is 0. The van der Waals surface area contributed by atoms with Crippen LogP contribution in [0.5, 0.6) is 11.5 Å². The van der Waals surface area contributed by atoms with E-state index in [1.807, 2.05) is 37.3 Å². The average molecular weight is 497 g/mol. The van der Waals surface area contributed by atoms with Crippen LogP contribution in [0.3, 0.4) is 0 Å². The van der Waals surface area contributed by atoms with E-state index in [-0.39, 0.29) is 30.1 Å². The number of ether oxygens (including phenoxy) is 2. The molecule has 7 heteroatoms. The second kappa shape index (κ2) is 10.9. The van der Waals surface area contributed by atoms with Gasteiger partial charge >= 0.3 is 0 Å². The minimum Gasteiger partial charge on any atom is -0.493 e. The molecule has 0 spiro atoms. The summed E-state index contributed by atoms with van der Waals surface area (Å²) in [4.78, 5) is 27.4. The number of aryl methyl sites for hydroxylation is 1. The highest BCUT2D eigenvalue weighted by molar-refractivity contribution is 6.19. The first-order valence-corrected chi connectivity index (χ1v) is 11.6. The summed E-state index contributed by atoms with van der Waals surface area (Å²) in [5, 5.41) is 9.66. The highest BCUT2D eigenvalue weighted by Crippen LogP contribution is 2.32. The molecular formula is C30H25FN2O4. The zero-order valence-electron chi connectivity index (χ0n) is 20.7. The zero-order chi connectivity index (χ0) is 26.5. The molecule has 1 aliphatic rings. The van der Waals surface area contributed by atoms with Crippen molar-refractivity contribution < 1.29 is 23.5 Å². The first-order chi connectivity index (χ1) is 17.8. The number of hydrogen-bond acceptors (Lipinski definition) is 5. The SMILES string of the molecule is COc1cc(/C=C2/C(=O)N(Cc3ccc(C)cc3)C(=O)C(C#N)=C2C)ccc1OCc1ccc(F)cc1. The molecule has 3 aromatic rings. The normalized spacial score (nSPS) is 14.7. The molecule has 0 fully saturated rings. The van der Waals surface area contributed by atoms with Crippen LogP contribution in [0, 0.1) is 24.1 Å². The smallest absolute Gasteiger partial charge is 0.271 e. The molecule has 3 aromatic carbocycles. The fourth-order valence-electron chi connectivity index (χ4n) is 3.95. The number of amides is 2. The predicted molar refractivity (Wildman–Crippen MR) is 137 cm³/mol. The Morgan fingerprint density at radius 3 is 2.24 bits per heavy atom. The summed E-state index contributed by atoms with van der Waals surface area (Å²) in [5.74, 6) is -0.485. The van der Waals surface area contributed by atoms with Gasteiger partial charge in [-0.2, -0.15) is 5.26 Å². The monoisotopic (exact) mass is 496 g/mol. The Morgan fingerprint density at radius 1 is 0.919 bits per heavy atom. The Balaban J connectivity index is 1.62. The molecule has 0 atom stereocenters. The molecule has 4 rings (SSSR count). The number of benzene rings is 3. The second-order valence-electron chi connectivity index (χ2n) is 8.68. The molecule has 37 heavy (non-hydrogen) atoms. The van der Waals surface area contributed by atoms with Crippen LogP contribution in [0.25, 0.3) is 6.08 Å². The average Bonchev–Trinajstić information content (AvgIpc) is 2.90. The van der Waals surface area contributed by atoms with Crippen LogP contribution in [-0.4, -0.2) is 23.8 Å². The van der Waals surface area contributed by atoms with Crippen molar-refractivity contribution in [1.29, 1.82) is 5.26 Å². The number of halogens is 1. The van der Waals surface area contributed by atoms with Crippen molar-refractivity contribution in [2.45, 2.75) is 27.0 Å². The lowest BCUT2D eigenvalue weighted by Gasteiger charge is -2.27. The summed E-state index contributed by atoms with van der Waals surface area (Å²) in [6.45, 7) is 3.84. The highest BCUT2D eigenvalue weighted by Gasteiger charge is 2.35. The molecule has 1 heterocycles. The molecule has 186 valence electrons. The number of carbonyl (C=O) groups excluding carboxylic acids is 2. The Bertz CT molecular complexity index is 1450. The Kier molecular flexibility index (Phi) is 7.49. The van der Waals surface area contributed by atoms with Crippen molar-refractivity contribution >= 4 is 17.9 Å². The van der Waals surface area contributed by atoms with Crippen LogP contribution in [0.1, 0.15) is 29.2 Å². The summed E-state index contributed by atoms with van der Waals surface area (Å²) in [7, 11) is 1.50. The van der Waals surface area contributed by atoms with Gasteiger partial charge in [0, 0.05) is 5.57 Å². The van der Waals surface area contributed by atoms with E-state index in [0.717, 1.165) is 21.6 Å². The summed E-state index contributed by atoms with van der Waals surface area (Å²) < 4.78 is 24.5. The second-order valence-corrected chi connectivity index (χ2v) is 8.68. The Labute approximate surface area is 214 Å². The standard InChI is InChI=1S/C30H25FN2O4/c1-19-4-6-21(7-5-19)17-33-29(34)25(20(2)26(16-32)30(33)35)14-23-10-13-27(28(15-23)36-3)37-18-22-8-11-24(31)12-9-22/h4-15H,17-18H2,1-3H3/b25-14+. The van der Waals surface area contributed by atoms with Gasteiger partial charge in [0.15, 0.2) is 11.5 Å². The van der Waals surface area contributed by atoms with Crippen molar-refractivity contribution in [1.82, 2.24) is 4.90 Å². The molecule has 2 amide bonds. The number of nitrogens with zero attached hydrogens (tertiary/aromatic N) is 2. The van der Waals surface area contributed by atoms with Crippen LogP contribution >= 0.6 is 0 Å². The molecular weight excluding hydrogens is 471 g/mol. The van der Waals surface area contributed by atoms with Crippen molar-refractivity contribution in [2.75, 3.05) is 7.11 Å². The van der Waals surface area contributed by atoms with E-state index in [1.54, 1.807) is 43.3 Å². The van der Waals surface area contributed by atoms with Crippen LogP contribution in [-0.2, 0) is 22.7 Å². The molecule has 0 aromatic heterocycles. The number of methoxy groups -OCH3 is 1. The molecule has 0 aliphatic carbocycles. The highest BCUT2D eigenvalue weighted by atomic mass is 19.1. The van der Waals surface area contributed by atoms with Gasteiger partial charge in [0.2, 0.25) is 0 Å². The van der Waals surface area contributed by atoms with Gasteiger partial charge in [-0.3, -0.25) is 14.5 Å². The van der Waals surface area contributed by atoms with Crippen LogP contribution in [0.4, 0.5) is 4.39 Å². The van der Waals surface area contributed by atoms with E-state index >= 15 is 0 Å². The van der Waals surface area contributed by atoms with E-state index in [1.165, 1.54) is 19.2 Å². The van der Waals surface area contributed by atoms with E-state index < -0.39 is 11.8 Å². The first kappa shape index (κ1) is 25.4. The third kappa shape index (κ3) is 5.60. The molecule has 6 nitrogen and oxygen atoms in total. The van der Waals surface area contributed by atoms with Gasteiger partial charge in [-0.05, 0) is 66.5 Å². The largest absolute Gasteiger partial charge is 0.493 e. The summed E-state index contributed by atoms with van der Waals surface area (Å²) in [5.41, 5.74) is 3.80. The Morgan fingerprint density at radius 2 is 1.59 bits per heavy atom. The minimum atomic E-state index is -0.607. The number of rotatable bonds is 7. The molecule has 0 unspecified atom stereocenters. The maximum Gasteiger partial charge on any atom is 0.271 e. The maximum absolute atomic E-state index is 13.4. The number of carbonyl (C=O) groups is 2. The summed E-state index contributed by atoms with van der Waals surface area (Å²) in [6.07, 6.45) is 1.63. The van der Waals surface area contributed by atoms with E-state index in [0.29, 0.717) is 22.6 Å². The number of nitriles is 1. The lowest BCUT2D eigenvalue weighted by atomic mass is 9.93. The predicted octanol–water partition coefficient (Wildman–Crippen LogP) is 5.51. The van der Waals surface area contributed by atoms with Crippen LogP contribution in [0.2, 0.25) is 0 Å². The summed E-state index contributed by atoms with van der Waals surface area (Å²) >= 11 is 0. The van der Waals surface area contributed by atoms with Crippen LogP contribution < -0.4 is 9.47 Å². The topological polar surface area (TPSA) is 79.6 Å². The van der Waals surface area contributed by atoms with Crippen molar-refractivity contribution in [3.63, 3.8) is 0 Å². The molecule has 0 radical (unpaired) electrons. The molecule has 0 saturated carbocycles. The van der Waals surface area contributed by atoms with Crippen molar-refractivity contribution in [3.05, 3.63) is 112 Å². The first-order valence-electron chi connectivity index (χ1n) is 11.6. The third-order valence-corrected chi connectivity index (χ3v) is 6.09. The van der Waals surface area contributed by atoms with E-state index in [4.69, 9.17) is 9.47 Å². The van der Waals surface area contributed by atoms with Gasteiger partial charge in [-0.1, -0.05) is 48.0 Å². The van der Waals surface area contributed by atoms with Gasteiger partial charge in [0.05, 0.1) is 13.7 Å². The van der Waals surface area contributed by atoms with Gasteiger partial charge in [-0.15, -0.1) is 0 Å². The van der Waals surface area contributed by atoms with E-state index in [9.17, 15) is 19.2 Å². The van der Waals surface area contributed by atoms with Crippen molar-refractivity contribution in [3.8, 4) is 17.6 Å². The van der Waals surface area contributed by atoms with Gasteiger partial charge in [-0.25, -0.2) is 4.39 Å². The third-order valence-electron chi connectivity index (χ3n) is 6.09. The fraction of sp³-hybridized carbons (Fsp3) is 0.167. The van der Waals surface area contributed by atoms with E-state index in [2.05, 4.69) is 0 Å². The number of imide groups is 1. The lowest BCUT2D eigenvalue weighted by Crippen LogP contribution is -2.42. The molecule has 1 aliphatic heterocycles. The van der Waals surface area contributed by atoms with Crippen LogP contribution in [0.15, 0.2) is 83.4 Å². The quantitative estimate of drug-likeness (QED) is 0.318. The molecule has 0 N–H and O–H groups in total. The minimum absolute atomic E-state index is 0.0627. The Hall–Kier alpha value is -4.70. The van der Waals surface area contributed by atoms with Gasteiger partial charge in [0.25, 0.3) is 11.8 Å². The van der Waals surface area contributed by atoms with Crippen molar-refractivity contribution in [2.24, 2.45) is 0 Å². The maximum atomic E-state index is 13.4. The molecule has 0 saturated heterocycles. The summed E-state index contributed by atoms with van der Waals surface area (Å²) in [6, 6.07) is 20.7. The zero-order valence-corrected chi connectivity index (χ0v) is 20.7.